The first-order valence-corrected chi connectivity index (χ1v) is 10.7. The fraction of sp³-hybridized carbons (Fsp3) is 0.0417. The van der Waals surface area contributed by atoms with E-state index in [9.17, 15) is 9.59 Å². The summed E-state index contributed by atoms with van der Waals surface area (Å²) in [5.74, 6) is -0.901. The van der Waals surface area contributed by atoms with Crippen molar-refractivity contribution < 1.29 is 14.3 Å². The van der Waals surface area contributed by atoms with Gasteiger partial charge in [0.05, 0.1) is 10.6 Å². The highest BCUT2D eigenvalue weighted by Crippen LogP contribution is 2.28. The van der Waals surface area contributed by atoms with E-state index in [4.69, 9.17) is 16.3 Å². The standard InChI is InChI=1S/C24H17ClN2O3S/c25-19-11-8-17(9-12-19)21(28)16-30-23(29)13-10-18-15-27(20-5-2-1-3-6-20)26-24(18)22-7-4-14-31-22/h1-15H,16H2. The van der Waals surface area contributed by atoms with Crippen molar-refractivity contribution in [2.24, 2.45) is 0 Å². The molecule has 31 heavy (non-hydrogen) atoms. The summed E-state index contributed by atoms with van der Waals surface area (Å²) in [5.41, 5.74) is 2.88. The maximum atomic E-state index is 12.2. The van der Waals surface area contributed by atoms with Gasteiger partial charge in [0, 0.05) is 28.4 Å². The number of ketones is 1. The first-order chi connectivity index (χ1) is 15.1. The first-order valence-electron chi connectivity index (χ1n) is 9.43. The molecule has 2 aromatic carbocycles. The van der Waals surface area contributed by atoms with Crippen LogP contribution >= 0.6 is 22.9 Å². The van der Waals surface area contributed by atoms with Gasteiger partial charge < -0.3 is 4.74 Å². The molecule has 0 fully saturated rings. The summed E-state index contributed by atoms with van der Waals surface area (Å²) < 4.78 is 6.87. The summed E-state index contributed by atoms with van der Waals surface area (Å²) in [5, 5.41) is 7.19. The second kappa shape index (κ2) is 9.55. The molecule has 0 aliphatic carbocycles. The molecule has 0 bridgehead atoms. The van der Waals surface area contributed by atoms with E-state index in [-0.39, 0.29) is 12.4 Å². The fourth-order valence-corrected chi connectivity index (χ4v) is 3.75. The topological polar surface area (TPSA) is 61.2 Å². The molecule has 7 heteroatoms. The van der Waals surface area contributed by atoms with Crippen LogP contribution in [0, 0.1) is 0 Å². The molecule has 2 aromatic heterocycles. The molecule has 0 aliphatic rings. The molecule has 4 aromatic rings. The van der Waals surface area contributed by atoms with E-state index in [1.807, 2.05) is 54.0 Å². The number of ether oxygens (including phenoxy) is 1. The Bertz CT molecular complexity index is 1210. The van der Waals surface area contributed by atoms with Gasteiger partial charge in [-0.15, -0.1) is 11.3 Å². The molecule has 2 heterocycles. The van der Waals surface area contributed by atoms with Crippen molar-refractivity contribution in [1.82, 2.24) is 9.78 Å². The van der Waals surface area contributed by atoms with Crippen LogP contribution in [0.25, 0.3) is 22.3 Å². The predicted molar refractivity (Wildman–Crippen MR) is 123 cm³/mol. The third-order valence-corrected chi connectivity index (χ3v) is 5.56. The average Bonchev–Trinajstić information content (AvgIpc) is 3.47. The number of hydrogen-bond donors (Lipinski definition) is 0. The van der Waals surface area contributed by atoms with Crippen molar-refractivity contribution in [3.63, 3.8) is 0 Å². The molecule has 0 aliphatic heterocycles. The number of aromatic nitrogens is 2. The molecular weight excluding hydrogens is 432 g/mol. The van der Waals surface area contributed by atoms with Crippen LogP contribution in [0.2, 0.25) is 5.02 Å². The van der Waals surface area contributed by atoms with Gasteiger partial charge in [0.25, 0.3) is 0 Å². The third-order valence-electron chi connectivity index (χ3n) is 4.43. The molecule has 0 radical (unpaired) electrons. The van der Waals surface area contributed by atoms with Crippen molar-refractivity contribution >= 4 is 40.8 Å². The zero-order chi connectivity index (χ0) is 21.6. The third kappa shape index (κ3) is 5.17. The molecule has 4 rings (SSSR count). The second-order valence-electron chi connectivity index (χ2n) is 6.56. The van der Waals surface area contributed by atoms with Crippen LogP contribution in [0.3, 0.4) is 0 Å². The van der Waals surface area contributed by atoms with Crippen molar-refractivity contribution in [1.29, 1.82) is 0 Å². The fourth-order valence-electron chi connectivity index (χ4n) is 2.89. The van der Waals surface area contributed by atoms with Gasteiger partial charge in [-0.1, -0.05) is 35.9 Å². The van der Waals surface area contributed by atoms with E-state index < -0.39 is 5.97 Å². The normalized spacial score (nSPS) is 11.0. The molecular formula is C24H17ClN2O3S. The Kier molecular flexibility index (Phi) is 6.40. The summed E-state index contributed by atoms with van der Waals surface area (Å²) in [6.07, 6.45) is 4.81. The maximum absolute atomic E-state index is 12.2. The Morgan fingerprint density at radius 1 is 1.03 bits per heavy atom. The number of Topliss-reactive ketones (excluding diaryl/α,β-unsaturated/α-hetero) is 1. The number of esters is 1. The second-order valence-corrected chi connectivity index (χ2v) is 7.95. The Morgan fingerprint density at radius 2 is 1.81 bits per heavy atom. The lowest BCUT2D eigenvalue weighted by molar-refractivity contribution is -0.136. The number of thiophene rings is 1. The smallest absolute Gasteiger partial charge is 0.331 e. The SMILES string of the molecule is O=C(C=Cc1cn(-c2ccccc2)nc1-c1cccs1)OCC(=O)c1ccc(Cl)cc1. The number of para-hydroxylation sites is 1. The van der Waals surface area contributed by atoms with E-state index in [1.54, 1.807) is 46.4 Å². The van der Waals surface area contributed by atoms with Crippen molar-refractivity contribution in [3.8, 4) is 16.3 Å². The van der Waals surface area contributed by atoms with Crippen LogP contribution in [0.1, 0.15) is 15.9 Å². The number of carbonyl (C=O) groups excluding carboxylic acids is 2. The molecule has 0 N–H and O–H groups in total. The Balaban J connectivity index is 1.48. The summed E-state index contributed by atoms with van der Waals surface area (Å²) in [7, 11) is 0. The average molecular weight is 449 g/mol. The van der Waals surface area contributed by atoms with E-state index >= 15 is 0 Å². The minimum absolute atomic E-state index is 0.297. The van der Waals surface area contributed by atoms with E-state index in [0.29, 0.717) is 10.6 Å². The molecule has 0 saturated carbocycles. The van der Waals surface area contributed by atoms with Gasteiger partial charge in [-0.25, -0.2) is 9.48 Å². The summed E-state index contributed by atoms with van der Waals surface area (Å²) >= 11 is 7.39. The van der Waals surface area contributed by atoms with Crippen molar-refractivity contribution in [2.75, 3.05) is 6.61 Å². The van der Waals surface area contributed by atoms with Gasteiger partial charge in [0.1, 0.15) is 5.69 Å². The number of hydrogen-bond acceptors (Lipinski definition) is 5. The quantitative estimate of drug-likeness (QED) is 0.207. The molecule has 0 saturated heterocycles. The number of carbonyl (C=O) groups is 2. The lowest BCUT2D eigenvalue weighted by atomic mass is 10.1. The zero-order valence-corrected chi connectivity index (χ0v) is 17.8. The van der Waals surface area contributed by atoms with Gasteiger partial charge in [0.2, 0.25) is 0 Å². The van der Waals surface area contributed by atoms with Gasteiger partial charge in [0.15, 0.2) is 12.4 Å². The van der Waals surface area contributed by atoms with Crippen LogP contribution in [0.5, 0.6) is 0 Å². The molecule has 0 amide bonds. The van der Waals surface area contributed by atoms with Gasteiger partial charge in [-0.3, -0.25) is 4.79 Å². The van der Waals surface area contributed by atoms with Crippen molar-refractivity contribution in [2.45, 2.75) is 0 Å². The largest absolute Gasteiger partial charge is 0.454 e. The monoisotopic (exact) mass is 448 g/mol. The summed E-state index contributed by atoms with van der Waals surface area (Å²) in [6, 6.07) is 20.1. The van der Waals surface area contributed by atoms with Crippen LogP contribution < -0.4 is 0 Å². The Labute approximate surface area is 188 Å². The van der Waals surface area contributed by atoms with E-state index in [2.05, 4.69) is 5.10 Å². The number of halogens is 1. The zero-order valence-electron chi connectivity index (χ0n) is 16.3. The molecule has 0 unspecified atom stereocenters. The molecule has 0 spiro atoms. The lowest BCUT2D eigenvalue weighted by Gasteiger charge is -2.02. The maximum Gasteiger partial charge on any atom is 0.331 e. The Morgan fingerprint density at radius 3 is 2.52 bits per heavy atom. The Hall–Kier alpha value is -3.48. The highest BCUT2D eigenvalue weighted by molar-refractivity contribution is 7.13. The van der Waals surface area contributed by atoms with Gasteiger partial charge >= 0.3 is 5.97 Å². The highest BCUT2D eigenvalue weighted by atomic mass is 35.5. The number of rotatable bonds is 7. The van der Waals surface area contributed by atoms with Crippen LogP contribution in [-0.2, 0) is 9.53 Å². The number of benzene rings is 2. The minimum Gasteiger partial charge on any atom is -0.454 e. The van der Waals surface area contributed by atoms with E-state index in [1.165, 1.54) is 6.08 Å². The first kappa shape index (κ1) is 20.8. The highest BCUT2D eigenvalue weighted by Gasteiger charge is 2.13. The van der Waals surface area contributed by atoms with Crippen molar-refractivity contribution in [3.05, 3.63) is 101 Å². The summed E-state index contributed by atoms with van der Waals surface area (Å²) in [6.45, 7) is -0.341. The van der Waals surface area contributed by atoms with Gasteiger partial charge in [-0.05, 0) is 53.9 Å². The van der Waals surface area contributed by atoms with Gasteiger partial charge in [-0.2, -0.15) is 5.10 Å². The molecule has 0 atom stereocenters. The minimum atomic E-state index is -0.605. The van der Waals surface area contributed by atoms with Crippen LogP contribution in [-0.4, -0.2) is 28.1 Å². The lowest BCUT2D eigenvalue weighted by Crippen LogP contribution is -2.12. The molecule has 5 nitrogen and oxygen atoms in total. The molecule has 154 valence electrons. The predicted octanol–water partition coefficient (Wildman–Crippen LogP) is 5.69. The number of nitrogens with zero attached hydrogens (tertiary/aromatic N) is 2. The van der Waals surface area contributed by atoms with E-state index in [0.717, 1.165) is 21.8 Å². The van der Waals surface area contributed by atoms with Crippen LogP contribution in [0.4, 0.5) is 0 Å². The summed E-state index contributed by atoms with van der Waals surface area (Å²) in [4.78, 5) is 25.3. The van der Waals surface area contributed by atoms with Crippen LogP contribution in [0.15, 0.2) is 84.4 Å².